The number of carbonyl (C=O) groups is 2. The molecule has 0 bridgehead atoms. The second kappa shape index (κ2) is 6.80. The van der Waals surface area contributed by atoms with E-state index in [1.54, 1.807) is 26.2 Å². The minimum Gasteiger partial charge on any atom is -0.462 e. The largest absolute Gasteiger partial charge is 0.462 e. The number of rotatable bonds is 5. The van der Waals surface area contributed by atoms with Gasteiger partial charge in [-0.25, -0.2) is 4.79 Å². The molecule has 6 heteroatoms. The van der Waals surface area contributed by atoms with Gasteiger partial charge in [-0.2, -0.15) is 0 Å². The van der Waals surface area contributed by atoms with E-state index in [-0.39, 0.29) is 17.9 Å². The van der Waals surface area contributed by atoms with Crippen molar-refractivity contribution in [1.82, 2.24) is 10.1 Å². The highest BCUT2D eigenvalue weighted by Crippen LogP contribution is 2.15. The summed E-state index contributed by atoms with van der Waals surface area (Å²) in [4.78, 5) is 28.6. The lowest BCUT2D eigenvalue weighted by Crippen LogP contribution is -2.16. The van der Waals surface area contributed by atoms with Crippen molar-refractivity contribution in [2.45, 2.75) is 20.8 Å². The summed E-state index contributed by atoms with van der Waals surface area (Å²) in [6, 6.07) is 3.29. The Morgan fingerprint density at radius 3 is 2.64 bits per heavy atom. The zero-order valence-electron chi connectivity index (χ0n) is 12.6. The van der Waals surface area contributed by atoms with E-state index < -0.39 is 11.8 Å². The van der Waals surface area contributed by atoms with Crippen LogP contribution in [0.4, 0.5) is 0 Å². The van der Waals surface area contributed by atoms with Gasteiger partial charge in [0.1, 0.15) is 11.3 Å². The first-order valence-corrected chi connectivity index (χ1v) is 6.79. The van der Waals surface area contributed by atoms with Gasteiger partial charge in [-0.1, -0.05) is 5.16 Å². The molecule has 0 N–H and O–H groups in total. The van der Waals surface area contributed by atoms with Gasteiger partial charge in [0.25, 0.3) is 0 Å². The molecule has 0 saturated heterocycles. The van der Waals surface area contributed by atoms with Crippen LogP contribution in [0.15, 0.2) is 34.6 Å². The van der Waals surface area contributed by atoms with Crippen molar-refractivity contribution in [2.24, 2.45) is 0 Å². The summed E-state index contributed by atoms with van der Waals surface area (Å²) in [6.45, 7) is 5.39. The monoisotopic (exact) mass is 300 g/mol. The molecular weight excluding hydrogens is 284 g/mol. The van der Waals surface area contributed by atoms with Crippen LogP contribution in [0.5, 0.6) is 0 Å². The third kappa shape index (κ3) is 3.66. The summed E-state index contributed by atoms with van der Waals surface area (Å²) < 4.78 is 9.83. The Hall–Kier alpha value is -2.76. The van der Waals surface area contributed by atoms with Gasteiger partial charge in [0.15, 0.2) is 5.69 Å². The zero-order valence-corrected chi connectivity index (χ0v) is 12.6. The number of aryl methyl sites for hydroxylation is 2. The average molecular weight is 300 g/mol. The molecule has 6 nitrogen and oxygen atoms in total. The highest BCUT2D eigenvalue weighted by molar-refractivity contribution is 6.26. The van der Waals surface area contributed by atoms with E-state index >= 15 is 0 Å². The average Bonchev–Trinajstić information content (AvgIpc) is 2.91. The van der Waals surface area contributed by atoms with Crippen LogP contribution < -0.4 is 0 Å². The number of ether oxygens (including phenoxy) is 1. The molecule has 0 fully saturated rings. The van der Waals surface area contributed by atoms with Gasteiger partial charge >= 0.3 is 5.97 Å². The van der Waals surface area contributed by atoms with Crippen LogP contribution in [0.2, 0.25) is 0 Å². The van der Waals surface area contributed by atoms with Crippen molar-refractivity contribution < 1.29 is 18.8 Å². The normalized spacial score (nSPS) is 11.3. The summed E-state index contributed by atoms with van der Waals surface area (Å²) in [7, 11) is 0. The number of carbonyl (C=O) groups excluding carboxylic acids is 2. The smallest absolute Gasteiger partial charge is 0.342 e. The molecule has 0 aliphatic heterocycles. The minimum atomic E-state index is -0.699. The van der Waals surface area contributed by atoms with Gasteiger partial charge < -0.3 is 9.26 Å². The summed E-state index contributed by atoms with van der Waals surface area (Å²) in [5.74, 6) is -0.754. The molecule has 0 unspecified atom stereocenters. The number of nitrogens with zero attached hydrogens (tertiary/aromatic N) is 2. The maximum absolute atomic E-state index is 12.5. The fourth-order valence-electron chi connectivity index (χ4n) is 1.86. The Morgan fingerprint density at radius 1 is 1.27 bits per heavy atom. The van der Waals surface area contributed by atoms with E-state index in [0.29, 0.717) is 11.3 Å². The molecular formula is C16H16N2O4. The maximum atomic E-state index is 12.5. The van der Waals surface area contributed by atoms with E-state index in [1.807, 2.05) is 13.0 Å². The van der Waals surface area contributed by atoms with Gasteiger partial charge in [-0.05, 0) is 44.0 Å². The zero-order chi connectivity index (χ0) is 16.1. The van der Waals surface area contributed by atoms with Crippen molar-refractivity contribution in [3.8, 4) is 0 Å². The maximum Gasteiger partial charge on any atom is 0.342 e. The number of hydrogen-bond acceptors (Lipinski definition) is 6. The lowest BCUT2D eigenvalue weighted by molar-refractivity contribution is -0.137. The van der Waals surface area contributed by atoms with E-state index in [0.717, 1.165) is 5.56 Å². The lowest BCUT2D eigenvalue weighted by Gasteiger charge is -2.05. The van der Waals surface area contributed by atoms with E-state index in [4.69, 9.17) is 9.26 Å². The number of hydrogen-bond donors (Lipinski definition) is 0. The number of esters is 1. The van der Waals surface area contributed by atoms with Gasteiger partial charge in [0, 0.05) is 18.5 Å². The first-order chi connectivity index (χ1) is 10.5. The molecule has 2 rings (SSSR count). The topological polar surface area (TPSA) is 82.3 Å². The predicted molar refractivity (Wildman–Crippen MR) is 79.2 cm³/mol. The molecule has 0 saturated carbocycles. The van der Waals surface area contributed by atoms with Crippen LogP contribution in [0, 0.1) is 13.8 Å². The lowest BCUT2D eigenvalue weighted by atomic mass is 10.0. The standard InChI is InChI=1S/C16H16N2O4/c1-4-21-16(20)13(7-12-5-10(2)8-17-9-12)15(19)14-6-11(3)22-18-14/h5-9H,4H2,1-3H3. The van der Waals surface area contributed by atoms with Crippen LogP contribution in [-0.4, -0.2) is 28.5 Å². The van der Waals surface area contributed by atoms with Gasteiger partial charge in [0.2, 0.25) is 5.78 Å². The predicted octanol–water partition coefficient (Wildman–Crippen LogP) is 2.52. The van der Waals surface area contributed by atoms with Crippen LogP contribution in [0.1, 0.15) is 34.3 Å². The molecule has 2 heterocycles. The van der Waals surface area contributed by atoms with Crippen molar-refractivity contribution in [3.63, 3.8) is 0 Å². The summed E-state index contributed by atoms with van der Waals surface area (Å²) in [5.41, 5.74) is 1.51. The molecule has 0 aromatic carbocycles. The Morgan fingerprint density at radius 2 is 2.05 bits per heavy atom. The molecule has 0 aliphatic carbocycles. The molecule has 114 valence electrons. The van der Waals surface area contributed by atoms with Gasteiger partial charge in [-0.3, -0.25) is 9.78 Å². The third-order valence-electron chi connectivity index (χ3n) is 2.81. The minimum absolute atomic E-state index is 0.0671. The van der Waals surface area contributed by atoms with Crippen molar-refractivity contribution in [1.29, 1.82) is 0 Å². The Balaban J connectivity index is 2.42. The summed E-state index contributed by atoms with van der Waals surface area (Å²) in [6.07, 6.45) is 4.70. The van der Waals surface area contributed by atoms with Crippen LogP contribution in [0.25, 0.3) is 6.08 Å². The summed E-state index contributed by atoms with van der Waals surface area (Å²) in [5, 5.41) is 3.65. The van der Waals surface area contributed by atoms with Crippen LogP contribution in [0.3, 0.4) is 0 Å². The number of ketones is 1. The Kier molecular flexibility index (Phi) is 4.83. The number of pyridine rings is 1. The molecule has 0 radical (unpaired) electrons. The SMILES string of the molecule is CCOC(=O)C(=Cc1cncc(C)c1)C(=O)c1cc(C)on1. The fourth-order valence-corrected chi connectivity index (χ4v) is 1.86. The van der Waals surface area contributed by atoms with Crippen molar-refractivity contribution in [2.75, 3.05) is 6.61 Å². The van der Waals surface area contributed by atoms with Crippen molar-refractivity contribution in [3.05, 3.63) is 52.7 Å². The highest BCUT2D eigenvalue weighted by atomic mass is 16.5. The molecule has 0 aliphatic rings. The molecule has 2 aromatic heterocycles. The molecule has 0 amide bonds. The van der Waals surface area contributed by atoms with E-state index in [2.05, 4.69) is 10.1 Å². The second-order valence-corrected chi connectivity index (χ2v) is 4.73. The highest BCUT2D eigenvalue weighted by Gasteiger charge is 2.24. The van der Waals surface area contributed by atoms with Crippen LogP contribution in [-0.2, 0) is 9.53 Å². The molecule has 0 spiro atoms. The number of aromatic nitrogens is 2. The molecule has 0 atom stereocenters. The van der Waals surface area contributed by atoms with Gasteiger partial charge in [0.05, 0.1) is 6.61 Å². The summed E-state index contributed by atoms with van der Waals surface area (Å²) >= 11 is 0. The van der Waals surface area contributed by atoms with E-state index in [1.165, 1.54) is 12.1 Å². The molecule has 2 aromatic rings. The quantitative estimate of drug-likeness (QED) is 0.277. The molecule has 22 heavy (non-hydrogen) atoms. The number of Topliss-reactive ketones (excluding diaryl/α,β-unsaturated/α-hetero) is 1. The first kappa shape index (κ1) is 15.6. The van der Waals surface area contributed by atoms with Crippen molar-refractivity contribution >= 4 is 17.8 Å². The fraction of sp³-hybridized carbons (Fsp3) is 0.250. The first-order valence-electron chi connectivity index (χ1n) is 6.79. The second-order valence-electron chi connectivity index (χ2n) is 4.73. The van der Waals surface area contributed by atoms with Gasteiger partial charge in [-0.15, -0.1) is 0 Å². The third-order valence-corrected chi connectivity index (χ3v) is 2.81. The Bertz CT molecular complexity index is 731. The van der Waals surface area contributed by atoms with E-state index in [9.17, 15) is 9.59 Å². The van der Waals surface area contributed by atoms with Crippen LogP contribution >= 0.6 is 0 Å². The Labute approximate surface area is 127 Å².